The first-order valence-electron chi connectivity index (χ1n) is 4.87. The summed E-state index contributed by atoms with van der Waals surface area (Å²) >= 11 is 0. The van der Waals surface area contributed by atoms with Crippen molar-refractivity contribution in [2.24, 2.45) is 5.41 Å². The summed E-state index contributed by atoms with van der Waals surface area (Å²) in [6.07, 6.45) is -3.21. The molecule has 0 aromatic heterocycles. The zero-order valence-electron chi connectivity index (χ0n) is 8.14. The molecule has 6 heteroatoms. The monoisotopic (exact) mass is 223 g/mol. The Balaban J connectivity index is 1.89. The van der Waals surface area contributed by atoms with Crippen molar-refractivity contribution in [1.29, 1.82) is 0 Å². The Labute approximate surface area is 85.2 Å². The third kappa shape index (κ3) is 1.95. The van der Waals surface area contributed by atoms with Crippen molar-refractivity contribution >= 4 is 5.91 Å². The number of amides is 1. The van der Waals surface area contributed by atoms with E-state index in [4.69, 9.17) is 4.74 Å². The zero-order valence-corrected chi connectivity index (χ0v) is 8.14. The van der Waals surface area contributed by atoms with E-state index in [1.54, 1.807) is 0 Å². The maximum Gasteiger partial charge on any atom is 0.471 e. The summed E-state index contributed by atoms with van der Waals surface area (Å²) in [4.78, 5) is 11.7. The Bertz CT molecular complexity index is 263. The van der Waals surface area contributed by atoms with Gasteiger partial charge in [-0.05, 0) is 12.8 Å². The first kappa shape index (κ1) is 10.7. The Morgan fingerprint density at radius 3 is 2.20 bits per heavy atom. The van der Waals surface area contributed by atoms with Crippen LogP contribution in [0.15, 0.2) is 0 Å². The highest BCUT2D eigenvalue weighted by atomic mass is 19.4. The average Bonchev–Trinajstić information content (AvgIpc) is 2.13. The quantitative estimate of drug-likeness (QED) is 0.617. The smallest absolute Gasteiger partial charge is 0.381 e. The second kappa shape index (κ2) is 3.37. The molecule has 3 nitrogen and oxygen atoms in total. The topological polar surface area (TPSA) is 29.5 Å². The number of hydrogen-bond acceptors (Lipinski definition) is 2. The highest BCUT2D eigenvalue weighted by Gasteiger charge is 2.52. The molecule has 0 N–H and O–H groups in total. The van der Waals surface area contributed by atoms with E-state index in [1.165, 1.54) is 0 Å². The standard InChI is InChI=1S/C9H12F3NO2/c10-9(11,12)7(14)13-5-8(6-13)1-3-15-4-2-8/h1-6H2. The fourth-order valence-electron chi connectivity index (χ4n) is 2.21. The summed E-state index contributed by atoms with van der Waals surface area (Å²) in [5.41, 5.74) is -0.0981. The summed E-state index contributed by atoms with van der Waals surface area (Å²) < 4.78 is 41.3. The molecule has 0 aromatic carbocycles. The lowest BCUT2D eigenvalue weighted by Gasteiger charge is -2.52. The van der Waals surface area contributed by atoms with Gasteiger partial charge >= 0.3 is 12.1 Å². The van der Waals surface area contributed by atoms with Gasteiger partial charge in [0.05, 0.1) is 0 Å². The number of alkyl halides is 3. The van der Waals surface area contributed by atoms with Crippen molar-refractivity contribution < 1.29 is 22.7 Å². The summed E-state index contributed by atoms with van der Waals surface area (Å²) in [6, 6.07) is 0. The number of nitrogens with zero attached hydrogens (tertiary/aromatic N) is 1. The molecule has 0 atom stereocenters. The van der Waals surface area contributed by atoms with Crippen LogP contribution < -0.4 is 0 Å². The van der Waals surface area contributed by atoms with Gasteiger partial charge in [0.1, 0.15) is 0 Å². The molecule has 15 heavy (non-hydrogen) atoms. The zero-order chi connectivity index (χ0) is 11.1. The highest BCUT2D eigenvalue weighted by Crippen LogP contribution is 2.41. The minimum atomic E-state index is -4.73. The van der Waals surface area contributed by atoms with Gasteiger partial charge in [-0.15, -0.1) is 0 Å². The van der Waals surface area contributed by atoms with Gasteiger partial charge in [-0.25, -0.2) is 0 Å². The van der Waals surface area contributed by atoms with E-state index >= 15 is 0 Å². The Kier molecular flexibility index (Phi) is 2.41. The number of carbonyl (C=O) groups excluding carboxylic acids is 1. The molecule has 0 aromatic rings. The van der Waals surface area contributed by atoms with Crippen molar-refractivity contribution in [1.82, 2.24) is 4.90 Å². The van der Waals surface area contributed by atoms with Gasteiger partial charge < -0.3 is 9.64 Å². The third-order valence-corrected chi connectivity index (χ3v) is 3.14. The Morgan fingerprint density at radius 2 is 1.73 bits per heavy atom. The third-order valence-electron chi connectivity index (χ3n) is 3.14. The molecule has 2 aliphatic heterocycles. The van der Waals surface area contributed by atoms with E-state index in [-0.39, 0.29) is 18.5 Å². The van der Waals surface area contributed by atoms with Crippen LogP contribution in [0.5, 0.6) is 0 Å². The molecular weight excluding hydrogens is 211 g/mol. The SMILES string of the molecule is O=C(N1CC2(CCOCC2)C1)C(F)(F)F. The minimum Gasteiger partial charge on any atom is -0.381 e. The minimum absolute atomic E-state index is 0.0981. The number of ether oxygens (including phenoxy) is 1. The lowest BCUT2D eigenvalue weighted by atomic mass is 9.73. The van der Waals surface area contributed by atoms with Crippen molar-refractivity contribution in [3.63, 3.8) is 0 Å². The van der Waals surface area contributed by atoms with Gasteiger partial charge in [0.2, 0.25) is 0 Å². The fourth-order valence-corrected chi connectivity index (χ4v) is 2.21. The average molecular weight is 223 g/mol. The molecule has 0 aliphatic carbocycles. The van der Waals surface area contributed by atoms with Gasteiger partial charge in [0, 0.05) is 31.7 Å². The van der Waals surface area contributed by atoms with E-state index in [0.29, 0.717) is 13.2 Å². The molecule has 0 unspecified atom stereocenters. The van der Waals surface area contributed by atoms with Gasteiger partial charge in [-0.3, -0.25) is 4.79 Å². The summed E-state index contributed by atoms with van der Waals surface area (Å²) in [6.45, 7) is 1.64. The first-order chi connectivity index (χ1) is 6.93. The maximum absolute atomic E-state index is 12.1. The fraction of sp³-hybridized carbons (Fsp3) is 0.889. The van der Waals surface area contributed by atoms with E-state index < -0.39 is 12.1 Å². The number of rotatable bonds is 0. The molecule has 2 fully saturated rings. The molecule has 2 aliphatic rings. The van der Waals surface area contributed by atoms with Crippen LogP contribution in [-0.4, -0.2) is 43.3 Å². The number of likely N-dealkylation sites (tertiary alicyclic amines) is 1. The summed E-state index contributed by atoms with van der Waals surface area (Å²) in [7, 11) is 0. The maximum atomic E-state index is 12.1. The van der Waals surface area contributed by atoms with Crippen LogP contribution in [0.2, 0.25) is 0 Å². The molecule has 2 heterocycles. The molecule has 86 valence electrons. The van der Waals surface area contributed by atoms with Gasteiger partial charge in [-0.1, -0.05) is 0 Å². The first-order valence-corrected chi connectivity index (χ1v) is 4.87. The summed E-state index contributed by atoms with van der Waals surface area (Å²) in [5.74, 6) is -1.71. The van der Waals surface area contributed by atoms with Gasteiger partial charge in [-0.2, -0.15) is 13.2 Å². The highest BCUT2D eigenvalue weighted by molar-refractivity contribution is 5.82. The lowest BCUT2D eigenvalue weighted by molar-refractivity contribution is -0.200. The molecular formula is C9H12F3NO2. The normalized spacial score (nSPS) is 25.1. The van der Waals surface area contributed by atoms with Crippen LogP contribution in [0, 0.1) is 5.41 Å². The second-order valence-electron chi connectivity index (χ2n) is 4.27. The number of hydrogen-bond donors (Lipinski definition) is 0. The van der Waals surface area contributed by atoms with Crippen molar-refractivity contribution in [3.05, 3.63) is 0 Å². The van der Waals surface area contributed by atoms with Crippen LogP contribution in [0.1, 0.15) is 12.8 Å². The largest absolute Gasteiger partial charge is 0.471 e. The molecule has 0 saturated carbocycles. The van der Waals surface area contributed by atoms with Crippen LogP contribution in [-0.2, 0) is 9.53 Å². The Morgan fingerprint density at radius 1 is 1.20 bits per heavy atom. The molecule has 0 bridgehead atoms. The van der Waals surface area contributed by atoms with Crippen LogP contribution >= 0.6 is 0 Å². The van der Waals surface area contributed by atoms with Gasteiger partial charge in [0.15, 0.2) is 0 Å². The van der Waals surface area contributed by atoms with Crippen LogP contribution in [0.4, 0.5) is 13.2 Å². The van der Waals surface area contributed by atoms with Crippen molar-refractivity contribution in [2.45, 2.75) is 19.0 Å². The van der Waals surface area contributed by atoms with E-state index in [9.17, 15) is 18.0 Å². The van der Waals surface area contributed by atoms with Crippen molar-refractivity contribution in [2.75, 3.05) is 26.3 Å². The number of carbonyl (C=O) groups is 1. The van der Waals surface area contributed by atoms with Crippen molar-refractivity contribution in [3.8, 4) is 0 Å². The Hall–Kier alpha value is -0.780. The molecule has 2 rings (SSSR count). The van der Waals surface area contributed by atoms with Crippen LogP contribution in [0.25, 0.3) is 0 Å². The predicted octanol–water partition coefficient (Wildman–Crippen LogP) is 1.19. The molecule has 0 radical (unpaired) electrons. The molecule has 1 spiro atoms. The molecule has 2 saturated heterocycles. The second-order valence-corrected chi connectivity index (χ2v) is 4.27. The predicted molar refractivity (Wildman–Crippen MR) is 45.1 cm³/mol. The van der Waals surface area contributed by atoms with E-state index in [1.807, 2.05) is 0 Å². The number of halogens is 3. The van der Waals surface area contributed by atoms with Crippen LogP contribution in [0.3, 0.4) is 0 Å². The van der Waals surface area contributed by atoms with Gasteiger partial charge in [0.25, 0.3) is 0 Å². The van der Waals surface area contributed by atoms with E-state index in [0.717, 1.165) is 17.7 Å². The molecule has 1 amide bonds. The lowest BCUT2D eigenvalue weighted by Crippen LogP contribution is -2.62. The van der Waals surface area contributed by atoms with E-state index in [2.05, 4.69) is 0 Å². The summed E-state index contributed by atoms with van der Waals surface area (Å²) in [5, 5.41) is 0.